The average Bonchev–Trinajstić information content (AvgIpc) is 2.99. The Morgan fingerprint density at radius 1 is 0.795 bits per heavy atom. The molecule has 0 fully saturated rings. The van der Waals surface area contributed by atoms with Crippen molar-refractivity contribution in [3.63, 3.8) is 0 Å². The van der Waals surface area contributed by atoms with Gasteiger partial charge in [0.15, 0.2) is 17.2 Å². The van der Waals surface area contributed by atoms with Crippen molar-refractivity contribution in [3.8, 4) is 17.2 Å². The van der Waals surface area contributed by atoms with Gasteiger partial charge in [-0.05, 0) is 83.5 Å². The molecule has 2 N–H and O–H groups in total. The van der Waals surface area contributed by atoms with Gasteiger partial charge in [0, 0.05) is 33.8 Å². The minimum absolute atomic E-state index is 0.183. The quantitative estimate of drug-likeness (QED) is 0.0852. The fraction of sp³-hybridized carbons (Fsp3) is 0.0938. The highest BCUT2D eigenvalue weighted by molar-refractivity contribution is 9.11. The Bertz CT molecular complexity index is 1770. The molecule has 4 aromatic rings. The van der Waals surface area contributed by atoms with Gasteiger partial charge in [0.25, 0.3) is 11.8 Å². The number of anilines is 1. The molecular formula is C32H25Br2N3O7. The van der Waals surface area contributed by atoms with E-state index in [9.17, 15) is 19.2 Å². The average molecular weight is 723 g/mol. The first kappa shape index (κ1) is 32.1. The van der Waals surface area contributed by atoms with Crippen molar-refractivity contribution in [1.82, 2.24) is 5.43 Å². The highest BCUT2D eigenvalue weighted by Crippen LogP contribution is 2.33. The standard InChI is InChI=1S/C32H25Br2N3O7/c1-18-7-9-20(10-8-18)32(41)44-29-23(13-24(33)16-26(29)34)17-35-37-31(40)21-5-4-6-25(14-21)36-30(39)22-11-12-27(43-19(2)38)28(15-22)42-3/h4-17H,1-3H3,(H,36,39)(H,37,40). The molecule has 0 unspecified atom stereocenters. The van der Waals surface area contributed by atoms with Crippen molar-refractivity contribution in [2.45, 2.75) is 13.8 Å². The van der Waals surface area contributed by atoms with Gasteiger partial charge >= 0.3 is 11.9 Å². The van der Waals surface area contributed by atoms with Crippen LogP contribution < -0.4 is 25.0 Å². The maximum Gasteiger partial charge on any atom is 0.343 e. The number of aryl methyl sites for hydroxylation is 1. The van der Waals surface area contributed by atoms with E-state index in [0.717, 1.165) is 5.56 Å². The van der Waals surface area contributed by atoms with E-state index < -0.39 is 23.8 Å². The van der Waals surface area contributed by atoms with Crippen LogP contribution in [0.5, 0.6) is 17.2 Å². The SMILES string of the molecule is COc1cc(C(=O)Nc2cccc(C(=O)NN=Cc3cc(Br)cc(Br)c3OC(=O)c3ccc(C)cc3)c2)ccc1OC(C)=O. The maximum atomic E-state index is 12.9. The molecule has 12 heteroatoms. The molecular weight excluding hydrogens is 698 g/mol. The Morgan fingerprint density at radius 2 is 1.50 bits per heavy atom. The van der Waals surface area contributed by atoms with Gasteiger partial charge in [-0.15, -0.1) is 0 Å². The fourth-order valence-electron chi connectivity index (χ4n) is 3.84. The van der Waals surface area contributed by atoms with Gasteiger partial charge in [0.2, 0.25) is 0 Å². The lowest BCUT2D eigenvalue weighted by atomic mass is 10.1. The summed E-state index contributed by atoms with van der Waals surface area (Å²) >= 11 is 6.82. The summed E-state index contributed by atoms with van der Waals surface area (Å²) in [5.74, 6) is -1.47. The Morgan fingerprint density at radius 3 is 2.20 bits per heavy atom. The van der Waals surface area contributed by atoms with Crippen LogP contribution in [0.15, 0.2) is 92.9 Å². The first-order valence-corrected chi connectivity index (χ1v) is 14.5. The summed E-state index contributed by atoms with van der Waals surface area (Å²) in [6, 6.07) is 21.0. The van der Waals surface area contributed by atoms with E-state index in [2.05, 4.69) is 47.7 Å². The van der Waals surface area contributed by atoms with Gasteiger partial charge in [0.05, 0.1) is 23.4 Å². The predicted molar refractivity (Wildman–Crippen MR) is 172 cm³/mol. The lowest BCUT2D eigenvalue weighted by molar-refractivity contribution is -0.132. The van der Waals surface area contributed by atoms with Crippen LogP contribution in [-0.2, 0) is 4.79 Å². The zero-order valence-electron chi connectivity index (χ0n) is 23.6. The second-order valence-electron chi connectivity index (χ2n) is 9.25. The molecule has 0 heterocycles. The smallest absolute Gasteiger partial charge is 0.343 e. The number of rotatable bonds is 9. The third-order valence-corrected chi connectivity index (χ3v) is 7.00. The highest BCUT2D eigenvalue weighted by atomic mass is 79.9. The van der Waals surface area contributed by atoms with Crippen LogP contribution in [-0.4, -0.2) is 37.1 Å². The highest BCUT2D eigenvalue weighted by Gasteiger charge is 2.16. The first-order chi connectivity index (χ1) is 21.0. The van der Waals surface area contributed by atoms with Crippen LogP contribution in [0.4, 0.5) is 5.69 Å². The summed E-state index contributed by atoms with van der Waals surface area (Å²) in [5.41, 5.74) is 5.08. The number of benzene rings is 4. The molecule has 0 atom stereocenters. The van der Waals surface area contributed by atoms with Gasteiger partial charge < -0.3 is 19.5 Å². The van der Waals surface area contributed by atoms with E-state index >= 15 is 0 Å². The van der Waals surface area contributed by atoms with Crippen molar-refractivity contribution in [3.05, 3.63) is 116 Å². The van der Waals surface area contributed by atoms with E-state index in [-0.39, 0.29) is 28.4 Å². The van der Waals surface area contributed by atoms with Crippen LogP contribution in [0.3, 0.4) is 0 Å². The van der Waals surface area contributed by atoms with Crippen molar-refractivity contribution in [2.75, 3.05) is 12.4 Å². The normalized spacial score (nSPS) is 10.7. The fourth-order valence-corrected chi connectivity index (χ4v) is 5.18. The van der Waals surface area contributed by atoms with Crippen molar-refractivity contribution in [1.29, 1.82) is 0 Å². The van der Waals surface area contributed by atoms with E-state index in [0.29, 0.717) is 25.8 Å². The molecule has 2 amide bonds. The molecule has 0 spiro atoms. The molecule has 4 rings (SSSR count). The Hall–Kier alpha value is -4.81. The zero-order valence-corrected chi connectivity index (χ0v) is 26.8. The number of nitrogens with one attached hydrogen (secondary N) is 2. The minimum atomic E-state index is -0.552. The van der Waals surface area contributed by atoms with Gasteiger partial charge in [-0.3, -0.25) is 14.4 Å². The maximum absolute atomic E-state index is 12.9. The number of hydrazone groups is 1. The molecule has 0 aliphatic rings. The summed E-state index contributed by atoms with van der Waals surface area (Å²) in [4.78, 5) is 49.7. The molecule has 0 saturated carbocycles. The molecule has 0 aliphatic carbocycles. The molecule has 44 heavy (non-hydrogen) atoms. The number of hydrogen-bond acceptors (Lipinski definition) is 8. The second kappa shape index (κ2) is 14.6. The van der Waals surface area contributed by atoms with Crippen molar-refractivity contribution < 1.29 is 33.4 Å². The molecule has 0 radical (unpaired) electrons. The number of carbonyl (C=O) groups excluding carboxylic acids is 4. The number of nitrogens with zero attached hydrogens (tertiary/aromatic N) is 1. The number of hydrogen-bond donors (Lipinski definition) is 2. The number of ether oxygens (including phenoxy) is 3. The van der Waals surface area contributed by atoms with E-state index in [1.165, 1.54) is 44.5 Å². The molecule has 4 aromatic carbocycles. The number of carbonyl (C=O) groups is 4. The van der Waals surface area contributed by atoms with Gasteiger partial charge in [0.1, 0.15) is 0 Å². The molecule has 0 saturated heterocycles. The number of methoxy groups -OCH3 is 1. The minimum Gasteiger partial charge on any atom is -0.493 e. The number of esters is 2. The third-order valence-electron chi connectivity index (χ3n) is 5.95. The molecule has 10 nitrogen and oxygen atoms in total. The zero-order chi connectivity index (χ0) is 31.8. The summed E-state index contributed by atoms with van der Waals surface area (Å²) in [5, 5.41) is 6.77. The van der Waals surface area contributed by atoms with Crippen LogP contribution in [0.1, 0.15) is 49.1 Å². The lowest BCUT2D eigenvalue weighted by Crippen LogP contribution is -2.18. The third kappa shape index (κ3) is 8.39. The number of amides is 2. The molecule has 0 bridgehead atoms. The largest absolute Gasteiger partial charge is 0.493 e. The Kier molecular flexibility index (Phi) is 10.6. The second-order valence-corrected chi connectivity index (χ2v) is 11.0. The first-order valence-electron chi connectivity index (χ1n) is 12.9. The summed E-state index contributed by atoms with van der Waals surface area (Å²) in [6.07, 6.45) is 1.35. The van der Waals surface area contributed by atoms with Crippen LogP contribution >= 0.6 is 31.9 Å². The molecule has 0 aromatic heterocycles. The van der Waals surface area contributed by atoms with Gasteiger partial charge in [-0.25, -0.2) is 10.2 Å². The van der Waals surface area contributed by atoms with Crippen LogP contribution in [0, 0.1) is 6.92 Å². The van der Waals surface area contributed by atoms with Crippen LogP contribution in [0.25, 0.3) is 0 Å². The Balaban J connectivity index is 1.45. The predicted octanol–water partition coefficient (Wildman–Crippen LogP) is 6.69. The summed E-state index contributed by atoms with van der Waals surface area (Å²) in [6.45, 7) is 3.18. The van der Waals surface area contributed by atoms with Crippen molar-refractivity contribution >= 4 is 67.5 Å². The lowest BCUT2D eigenvalue weighted by Gasteiger charge is -2.11. The summed E-state index contributed by atoms with van der Waals surface area (Å²) < 4.78 is 17.1. The van der Waals surface area contributed by atoms with E-state index in [1.807, 2.05) is 19.1 Å². The van der Waals surface area contributed by atoms with Gasteiger partial charge in [-0.1, -0.05) is 39.7 Å². The monoisotopic (exact) mass is 721 g/mol. The topological polar surface area (TPSA) is 132 Å². The Labute approximate surface area is 269 Å². The van der Waals surface area contributed by atoms with Crippen LogP contribution in [0.2, 0.25) is 0 Å². The van der Waals surface area contributed by atoms with E-state index in [1.54, 1.807) is 42.5 Å². The van der Waals surface area contributed by atoms with Gasteiger partial charge in [-0.2, -0.15) is 5.10 Å². The number of halogens is 2. The van der Waals surface area contributed by atoms with E-state index in [4.69, 9.17) is 14.2 Å². The molecule has 0 aliphatic heterocycles. The molecule has 224 valence electrons. The summed E-state index contributed by atoms with van der Waals surface area (Å²) in [7, 11) is 1.39. The van der Waals surface area contributed by atoms with Crippen molar-refractivity contribution in [2.24, 2.45) is 5.10 Å².